The van der Waals surface area contributed by atoms with E-state index in [9.17, 15) is 4.79 Å². The van der Waals surface area contributed by atoms with Crippen molar-refractivity contribution in [2.45, 2.75) is 0 Å². The Morgan fingerprint density at radius 3 is 2.71 bits per heavy atom. The summed E-state index contributed by atoms with van der Waals surface area (Å²) in [6.45, 7) is 0. The Hall–Kier alpha value is -0.420. The summed E-state index contributed by atoms with van der Waals surface area (Å²) in [7, 11) is 1.65. The van der Waals surface area contributed by atoms with E-state index in [4.69, 9.17) is 0 Å². The van der Waals surface area contributed by atoms with E-state index in [1.165, 1.54) is 17.1 Å². The molecule has 1 heterocycles. The summed E-state index contributed by atoms with van der Waals surface area (Å²) in [6.07, 6.45) is 0. The van der Waals surface area contributed by atoms with E-state index in [1.807, 2.05) is 0 Å². The van der Waals surface area contributed by atoms with Crippen LogP contribution in [-0.2, 0) is 0 Å². The summed E-state index contributed by atoms with van der Waals surface area (Å²) in [4.78, 5) is 13.0. The summed E-state index contributed by atoms with van der Waals surface area (Å²) in [6, 6.07) is -0.106. The summed E-state index contributed by atoms with van der Waals surface area (Å²) in [5.74, 6) is 0. The molecule has 1 rings (SSSR count). The van der Waals surface area contributed by atoms with E-state index in [2.05, 4.69) is 9.55 Å². The van der Waals surface area contributed by atoms with Crippen molar-refractivity contribution in [1.82, 2.24) is 14.6 Å². The maximum absolute atomic E-state index is 10.3. The van der Waals surface area contributed by atoms with Crippen LogP contribution in [0.1, 0.15) is 0 Å². The van der Waals surface area contributed by atoms with Gasteiger partial charge in [-0.25, -0.2) is 4.79 Å². The Morgan fingerprint density at radius 2 is 2.57 bits per heavy atom. The molecule has 0 aromatic heterocycles. The molecule has 0 spiro atoms. The zero-order valence-electron chi connectivity index (χ0n) is 3.76. The predicted molar refractivity (Wildman–Crippen MR) is 27.0 cm³/mol. The second kappa shape index (κ2) is 1.59. The molecule has 2 amide bonds. The van der Waals surface area contributed by atoms with Gasteiger partial charge in [-0.3, -0.25) is 9.73 Å². The van der Waals surface area contributed by atoms with E-state index in [0.717, 1.165) is 0 Å². The number of carbonyl (C=O) groups excluding carboxylic acids is 1. The average Bonchev–Trinajstić information content (AvgIpc) is 1.91. The smallest absolute Gasteiger partial charge is 0.266 e. The molecule has 1 aliphatic heterocycles. The van der Waals surface area contributed by atoms with Gasteiger partial charge in [0.2, 0.25) is 0 Å². The summed E-state index contributed by atoms with van der Waals surface area (Å²) < 4.78 is 2.46. The Labute approximate surface area is 45.5 Å². The van der Waals surface area contributed by atoms with Crippen molar-refractivity contribution in [3.63, 3.8) is 0 Å². The van der Waals surface area contributed by atoms with Gasteiger partial charge in [-0.05, 0) is 0 Å². The van der Waals surface area contributed by atoms with Crippen LogP contribution in [-0.4, -0.2) is 18.1 Å². The van der Waals surface area contributed by atoms with Crippen LogP contribution in [0.3, 0.4) is 0 Å². The highest BCUT2D eigenvalue weighted by molar-refractivity contribution is 7.96. The number of amides is 2. The van der Waals surface area contributed by atoms with E-state index in [0.29, 0.717) is 0 Å². The number of urea groups is 1. The lowest BCUT2D eigenvalue weighted by Crippen LogP contribution is -2.28. The molecule has 1 saturated heterocycles. The highest BCUT2D eigenvalue weighted by Gasteiger charge is 2.13. The summed E-state index contributed by atoms with van der Waals surface area (Å²) in [5.41, 5.74) is 0. The van der Waals surface area contributed by atoms with Crippen LogP contribution in [0.15, 0.2) is 0 Å². The number of carbonyl (C=O) groups is 1. The molecule has 1 aliphatic rings. The largest absolute Gasteiger partial charge is 0.343 e. The van der Waals surface area contributed by atoms with Gasteiger partial charge in [0.1, 0.15) is 0 Å². The lowest BCUT2D eigenvalue weighted by Gasteiger charge is -2.00. The van der Waals surface area contributed by atoms with Gasteiger partial charge >= 0.3 is 6.03 Å². The van der Waals surface area contributed by atoms with Gasteiger partial charge in [0.25, 0.3) is 0 Å². The van der Waals surface area contributed by atoms with Gasteiger partial charge in [0.15, 0.2) is 0 Å². The van der Waals surface area contributed by atoms with E-state index in [-0.39, 0.29) is 6.03 Å². The molecule has 2 N–H and O–H groups in total. The molecule has 0 aromatic carbocycles. The summed E-state index contributed by atoms with van der Waals surface area (Å²) in [5, 5.41) is 1.37. The first kappa shape index (κ1) is 4.73. The number of nitrogens with one attached hydrogen (secondary N) is 2. The lowest BCUT2D eigenvalue weighted by atomic mass is 11.0. The van der Waals surface area contributed by atoms with Crippen LogP contribution in [0, 0.1) is 0 Å². The molecule has 0 radical (unpaired) electrons. The summed E-state index contributed by atoms with van der Waals surface area (Å²) >= 11 is 1.17. The fraction of sp³-hybridized carbons (Fsp3) is 0.500. The molecule has 40 valence electrons. The normalized spacial score (nSPS) is 20.1. The van der Waals surface area contributed by atoms with Crippen molar-refractivity contribution in [2.24, 2.45) is 0 Å². The number of hydrazine groups is 1. The van der Waals surface area contributed by atoms with Gasteiger partial charge < -0.3 is 0 Å². The monoisotopic (exact) mass is 119 g/mol. The first-order chi connectivity index (χ1) is 3.30. The molecule has 0 atom stereocenters. The first-order valence-electron chi connectivity index (χ1n) is 1.76. The molecule has 7 heavy (non-hydrogen) atoms. The standard InChI is InChI=1S/C2H5N3OS/c1-5-2(6)3-7-4-5/h4H,1H3,(H,3,6). The van der Waals surface area contributed by atoms with Crippen LogP contribution < -0.4 is 9.55 Å². The first-order valence-corrected chi connectivity index (χ1v) is 2.57. The van der Waals surface area contributed by atoms with Crippen molar-refractivity contribution in [2.75, 3.05) is 7.05 Å². The minimum absolute atomic E-state index is 0.106. The molecule has 4 nitrogen and oxygen atoms in total. The van der Waals surface area contributed by atoms with Crippen molar-refractivity contribution in [3.8, 4) is 0 Å². The molecule has 0 unspecified atom stereocenters. The number of rotatable bonds is 0. The van der Waals surface area contributed by atoms with Crippen LogP contribution in [0.25, 0.3) is 0 Å². The maximum Gasteiger partial charge on any atom is 0.343 e. The zero-order chi connectivity index (χ0) is 5.28. The quantitative estimate of drug-likeness (QED) is 0.431. The lowest BCUT2D eigenvalue weighted by molar-refractivity contribution is 0.216. The Morgan fingerprint density at radius 1 is 1.86 bits per heavy atom. The third-order valence-electron chi connectivity index (χ3n) is 0.626. The van der Waals surface area contributed by atoms with Crippen molar-refractivity contribution in [1.29, 1.82) is 0 Å². The SMILES string of the molecule is CN1NSNC1=O. The van der Waals surface area contributed by atoms with Crippen LogP contribution >= 0.6 is 12.1 Å². The third-order valence-corrected chi connectivity index (χ3v) is 1.27. The van der Waals surface area contributed by atoms with Crippen molar-refractivity contribution < 1.29 is 4.79 Å². The Balaban J connectivity index is 2.48. The number of hydrogen-bond donors (Lipinski definition) is 2. The number of nitrogens with zero attached hydrogens (tertiary/aromatic N) is 1. The van der Waals surface area contributed by atoms with Gasteiger partial charge in [0, 0.05) is 7.05 Å². The minimum Gasteiger partial charge on any atom is -0.266 e. The van der Waals surface area contributed by atoms with Crippen molar-refractivity contribution >= 4 is 18.2 Å². The molecule has 0 bridgehead atoms. The fourth-order valence-electron chi connectivity index (χ4n) is 0.245. The topological polar surface area (TPSA) is 44.4 Å². The highest BCUT2D eigenvalue weighted by atomic mass is 32.2. The number of hydrogen-bond acceptors (Lipinski definition) is 3. The molecule has 0 saturated carbocycles. The molecular formula is C2H5N3OS. The Kier molecular flexibility index (Phi) is 1.07. The van der Waals surface area contributed by atoms with E-state index >= 15 is 0 Å². The molecule has 0 aliphatic carbocycles. The van der Waals surface area contributed by atoms with E-state index < -0.39 is 0 Å². The van der Waals surface area contributed by atoms with Crippen LogP contribution in [0.4, 0.5) is 4.79 Å². The average molecular weight is 119 g/mol. The van der Waals surface area contributed by atoms with Gasteiger partial charge in [-0.2, -0.15) is 4.83 Å². The second-order valence-electron chi connectivity index (χ2n) is 1.16. The molecule has 5 heteroatoms. The van der Waals surface area contributed by atoms with Gasteiger partial charge in [-0.1, -0.05) is 0 Å². The van der Waals surface area contributed by atoms with E-state index in [1.54, 1.807) is 7.05 Å². The molecule has 0 aromatic rings. The predicted octanol–water partition coefficient (Wildman–Crippen LogP) is -0.291. The molecule has 1 fully saturated rings. The molecular weight excluding hydrogens is 114 g/mol. The van der Waals surface area contributed by atoms with Crippen LogP contribution in [0.2, 0.25) is 0 Å². The van der Waals surface area contributed by atoms with Crippen LogP contribution in [0.5, 0.6) is 0 Å². The Bertz CT molecular complexity index is 94.9. The fourth-order valence-corrected chi connectivity index (χ4v) is 0.735. The van der Waals surface area contributed by atoms with Gasteiger partial charge in [0.05, 0.1) is 12.1 Å². The minimum atomic E-state index is -0.106. The second-order valence-corrected chi connectivity index (χ2v) is 1.75. The zero-order valence-corrected chi connectivity index (χ0v) is 4.58. The van der Waals surface area contributed by atoms with Crippen molar-refractivity contribution in [3.05, 3.63) is 0 Å². The van der Waals surface area contributed by atoms with Gasteiger partial charge in [-0.15, -0.1) is 0 Å². The highest BCUT2D eigenvalue weighted by Crippen LogP contribution is 1.97. The third kappa shape index (κ3) is 0.779. The maximum atomic E-state index is 10.3.